The molecule has 6 aliphatic rings. The zero-order chi connectivity index (χ0) is 104. The van der Waals surface area contributed by atoms with Gasteiger partial charge in [0.25, 0.3) is 0 Å². The highest BCUT2D eigenvalue weighted by Crippen LogP contribution is 2.43. The van der Waals surface area contributed by atoms with Crippen molar-refractivity contribution in [3.8, 4) is 85.0 Å². The number of carbonyl (C=O) groups is 1. The highest BCUT2D eigenvalue weighted by molar-refractivity contribution is 9.11. The van der Waals surface area contributed by atoms with E-state index in [4.69, 9.17) is 115 Å². The molecular weight excluding hydrogens is 2120 g/mol. The molecule has 6 saturated heterocycles. The molecule has 6 atom stereocenters. The average Bonchev–Trinajstić information content (AvgIpc) is 1.63. The number of oxime groups is 1. The maximum atomic E-state index is 11.9. The number of nitrogens with two attached hydrogens (primary N) is 6. The van der Waals surface area contributed by atoms with Gasteiger partial charge < -0.3 is 98.8 Å². The number of aliphatic hydroxyl groups is 1. The summed E-state index contributed by atoms with van der Waals surface area (Å²) >= 11 is 17.3. The number of likely N-dealkylation sites (N-methyl/N-ethyl adjacent to an activating group) is 1. The number of halogens is 4. The molecule has 149 heavy (non-hydrogen) atoms. The van der Waals surface area contributed by atoms with Gasteiger partial charge in [-0.1, -0.05) is 16.8 Å². The Kier molecular flexibility index (Phi) is 31.5. The van der Waals surface area contributed by atoms with Crippen molar-refractivity contribution in [3.05, 3.63) is 199 Å². The molecule has 6 aliphatic heterocycles. The third kappa shape index (κ3) is 21.8. The molecule has 0 radical (unpaired) electrons. The molecular formula is C99H109Br3ClN39O7. The van der Waals surface area contributed by atoms with Gasteiger partial charge in [0.05, 0.1) is 110 Å². The lowest BCUT2D eigenvalue weighted by atomic mass is 9.94. The number of likely N-dealkylation sites (tertiary alicyclic amines) is 1. The van der Waals surface area contributed by atoms with Crippen LogP contribution in [0.3, 0.4) is 0 Å². The van der Waals surface area contributed by atoms with E-state index >= 15 is 0 Å². The number of amides is 1. The number of furan rings is 4. The molecule has 0 aliphatic carbocycles. The number of nitriles is 3. The van der Waals surface area contributed by atoms with Crippen molar-refractivity contribution in [3.63, 3.8) is 0 Å². The smallest absolute Gasteiger partial charge is 0.243 e. The van der Waals surface area contributed by atoms with E-state index in [2.05, 4.69) is 125 Å². The molecule has 0 spiro atoms. The van der Waals surface area contributed by atoms with Crippen molar-refractivity contribution >= 4 is 140 Å². The second kappa shape index (κ2) is 45.7. The molecule has 0 saturated carbocycles. The monoisotopic (exact) mass is 2230 g/mol. The predicted molar refractivity (Wildman–Crippen MR) is 569 cm³/mol. The Labute approximate surface area is 882 Å². The molecule has 19 N–H and O–H groups in total. The van der Waals surface area contributed by atoms with Gasteiger partial charge in [0.2, 0.25) is 23.2 Å². The number of carbonyl (C=O) groups excluding carboxylic acids is 1. The highest BCUT2D eigenvalue weighted by Gasteiger charge is 2.33. The van der Waals surface area contributed by atoms with Gasteiger partial charge in [-0.2, -0.15) is 83.7 Å². The van der Waals surface area contributed by atoms with Gasteiger partial charge in [-0.3, -0.25) is 14.2 Å². The summed E-state index contributed by atoms with van der Waals surface area (Å²) in [5, 5.41) is 99.7. The van der Waals surface area contributed by atoms with Crippen LogP contribution in [0.4, 0.5) is 34.9 Å². The molecule has 6 unspecified atom stereocenters. The van der Waals surface area contributed by atoms with Crippen LogP contribution in [0.25, 0.3) is 101 Å². The van der Waals surface area contributed by atoms with Crippen LogP contribution in [0.1, 0.15) is 170 Å². The number of hydrogen-bond acceptors (Lipinski definition) is 37. The van der Waals surface area contributed by atoms with Crippen LogP contribution < -0.4 is 61.0 Å². The van der Waals surface area contributed by atoms with Crippen LogP contribution in [0, 0.1) is 34.0 Å². The van der Waals surface area contributed by atoms with Crippen LogP contribution in [0.2, 0.25) is 5.02 Å². The largest absolute Gasteiger partial charge is 0.463 e. The zero-order valence-electron chi connectivity index (χ0n) is 81.6. The average molecular weight is 2230 g/mol. The number of hydrogen-bond donors (Lipinski definition) is 13. The maximum Gasteiger partial charge on any atom is 0.243 e. The first kappa shape index (κ1) is 103. The predicted octanol–water partition coefficient (Wildman–Crippen LogP) is 12.1. The van der Waals surface area contributed by atoms with E-state index in [-0.39, 0.29) is 48.2 Å². The summed E-state index contributed by atoms with van der Waals surface area (Å²) < 4.78 is 36.4. The number of fused-ring (bicyclic) bond motifs is 6. The fourth-order valence-corrected chi connectivity index (χ4v) is 21.5. The van der Waals surface area contributed by atoms with Gasteiger partial charge >= 0.3 is 0 Å². The minimum absolute atomic E-state index is 0.0205. The van der Waals surface area contributed by atoms with Crippen LogP contribution in [0.5, 0.6) is 0 Å². The van der Waals surface area contributed by atoms with Crippen molar-refractivity contribution in [2.24, 2.45) is 12.2 Å². The molecule has 18 aromatic rings. The van der Waals surface area contributed by atoms with Crippen LogP contribution in [-0.4, -0.2) is 245 Å². The SMILES string of the molecule is CN(C)C(=O)Cn1cc(-c2cnn3c(N)c(Br)c(C4CCCNC4)nc23)cn1.Cn1cc(-c2cnn3c(N)c(Br)c(C4CCCN(CCO)C4)nc23)cn1.N#Cc1cc(-c2cnn3c(N)c(Br)c(C4CCCNC4)nc23)co1.N#Cc1cc(-c2cnn3c(N)c(Cl)c(C4CCCNC4)nc23)co1.N#Cc1cc(-c2cnn3c(N)cc(C4CCCNC4)nc23)co1.Nc1cc(C2CCCNC2)nc2c(-c3coc(C=NO)c3)cnn12. The second-order valence-electron chi connectivity index (χ2n) is 37.4. The highest BCUT2D eigenvalue weighted by atomic mass is 79.9. The first-order valence-electron chi connectivity index (χ1n) is 48.8. The van der Waals surface area contributed by atoms with Gasteiger partial charge in [0, 0.05) is 212 Å². The van der Waals surface area contributed by atoms with E-state index in [0.717, 1.165) is 276 Å². The molecule has 24 rings (SSSR count). The Morgan fingerprint density at radius 2 is 0.812 bits per heavy atom. The second-order valence-corrected chi connectivity index (χ2v) is 40.1. The normalized spacial score (nSPS) is 18.0. The third-order valence-corrected chi connectivity index (χ3v) is 30.2. The van der Waals surface area contributed by atoms with Crippen molar-refractivity contribution in [1.82, 2.24) is 144 Å². The number of piperidine rings is 6. The Balaban J connectivity index is 0.000000112. The lowest BCUT2D eigenvalue weighted by molar-refractivity contribution is -0.129. The summed E-state index contributed by atoms with van der Waals surface area (Å²) in [5.74, 6) is 6.12. The molecule has 46 nitrogen and oxygen atoms in total. The van der Waals surface area contributed by atoms with E-state index in [1.165, 1.54) is 23.3 Å². The van der Waals surface area contributed by atoms with Gasteiger partial charge in [0.15, 0.2) is 33.9 Å². The van der Waals surface area contributed by atoms with Crippen molar-refractivity contribution in [2.45, 2.75) is 119 Å². The van der Waals surface area contributed by atoms with Crippen molar-refractivity contribution < 1.29 is 32.8 Å². The molecule has 1 amide bonds. The number of rotatable bonds is 17. The first-order valence-corrected chi connectivity index (χ1v) is 51.6. The minimum Gasteiger partial charge on any atom is -0.463 e. The molecule has 50 heteroatoms. The molecule has 18 aromatic heterocycles. The van der Waals surface area contributed by atoms with Gasteiger partial charge in [0.1, 0.15) is 95.4 Å². The van der Waals surface area contributed by atoms with Gasteiger partial charge in [-0.25, -0.2) is 29.9 Å². The van der Waals surface area contributed by atoms with E-state index in [1.54, 1.807) is 137 Å². The Morgan fingerprint density at radius 3 is 1.19 bits per heavy atom. The lowest BCUT2D eigenvalue weighted by Crippen LogP contribution is -2.36. The van der Waals surface area contributed by atoms with E-state index in [0.29, 0.717) is 104 Å². The molecule has 0 bridgehead atoms. The molecule has 24 heterocycles. The molecule has 0 aromatic carbocycles. The van der Waals surface area contributed by atoms with Gasteiger partial charge in [-0.15, -0.1) is 0 Å². The zero-order valence-corrected chi connectivity index (χ0v) is 87.1. The summed E-state index contributed by atoms with van der Waals surface area (Å²) in [7, 11) is 5.34. The summed E-state index contributed by atoms with van der Waals surface area (Å²) in [6.45, 7) is 12.6. The quantitative estimate of drug-likeness (QED) is 0.0229. The number of nitrogen functional groups attached to an aromatic ring is 6. The van der Waals surface area contributed by atoms with Gasteiger partial charge in [-0.05, 0) is 170 Å². The minimum atomic E-state index is -0.0205. The summed E-state index contributed by atoms with van der Waals surface area (Å²) in [4.78, 5) is 44.8. The Morgan fingerprint density at radius 1 is 0.456 bits per heavy atom. The fourth-order valence-electron chi connectivity index (χ4n) is 19.5. The van der Waals surface area contributed by atoms with Crippen molar-refractivity contribution in [1.29, 1.82) is 15.8 Å². The van der Waals surface area contributed by atoms with Crippen LogP contribution in [-0.2, 0) is 18.4 Å². The van der Waals surface area contributed by atoms with E-state index < -0.39 is 0 Å². The summed E-state index contributed by atoms with van der Waals surface area (Å²) in [5.41, 5.74) is 57.0. The third-order valence-electron chi connectivity index (χ3n) is 27.4. The summed E-state index contributed by atoms with van der Waals surface area (Å²) in [6.07, 6.45) is 38.1. The summed E-state index contributed by atoms with van der Waals surface area (Å²) in [6, 6.07) is 16.5. The number of nitrogens with zero attached hydrogens (tertiary/aromatic N) is 28. The maximum absolute atomic E-state index is 11.9. The topological polar surface area (TPSA) is 633 Å². The van der Waals surface area contributed by atoms with Crippen molar-refractivity contribution in [2.75, 3.05) is 140 Å². The number of aliphatic hydroxyl groups excluding tert-OH is 1. The number of nitrogens with one attached hydrogen (secondary N) is 5. The van der Waals surface area contributed by atoms with E-state index in [9.17, 15) is 9.90 Å². The Hall–Kier alpha value is -15.1. The standard InChI is InChI=1S/C18H23BrN8O.C17H22BrN7O.C16H15BrN6O.C16H15ClN6O.C16H18N6O2.C16H16N6O/c1-25(2)14(28)10-26-9-12(7-22-26)13-8-23-27-17(20)15(19)16(24-18(13)27)11-4-3-5-21-6-11;1-23-9-12(7-20-23)13-8-21-25-16(19)14(18)15(22-17(13)25)11-3-2-4-24(10-11)5-6-26;2*17-13-14(9-2-1-3-20-6-9)22-16-12(7-21-23(16)15(13)19)10-4-11(5-18)24-8-10;17-15-5-14(10-2-1-3-18-6-10)21-16-13(8-19-22(15)16)11-4-12(7-20-23)24-9-11;17-6-12-4-11(9-23-12)13-8-20-22-15(18)5-14(21-16(13)22)10-2-1-3-19-7-10/h7-9,11,21H,3-6,10,20H2,1-2H3;7-9,11,26H,2-6,10,19H2,1H3;2*4,7-9,20H,1-3,6,19H2;4-5,7-10,18,23H,1-3,6,17H2;4-5,8-10,19H,1-3,7,18H2. The number of aromatic nitrogens is 22. The lowest BCUT2D eigenvalue weighted by Gasteiger charge is -2.32. The number of β-amino-alcohol motifs (C(OH)–C–C–N with tert-alkyl or cyclic N) is 1. The van der Waals surface area contributed by atoms with Crippen LogP contribution in [0.15, 0.2) is 160 Å². The fraction of sp³-hybridized carbons (Fsp3) is 0.364. The Bertz CT molecular complexity index is 7880. The number of aryl methyl sites for hydroxylation is 1. The first-order chi connectivity index (χ1) is 72.4. The van der Waals surface area contributed by atoms with E-state index in [1.807, 2.05) is 49.8 Å². The number of anilines is 6. The van der Waals surface area contributed by atoms with Crippen LogP contribution >= 0.6 is 59.4 Å². The molecule has 6 fully saturated rings. The molecule has 770 valence electrons.